The summed E-state index contributed by atoms with van der Waals surface area (Å²) in [5.41, 5.74) is -0.360. The molecule has 1 saturated heterocycles. The molecule has 5 unspecified atom stereocenters. The Morgan fingerprint density at radius 3 is 1.75 bits per heavy atom. The quantitative estimate of drug-likeness (QED) is 0.0763. The normalized spacial score (nSPS) is 21.5. The standard InChI is InChI=1S/C29H26O15/c30-16-8-14(9-17(31)22(16)35)27(39)43-26-25(38)24(37)20(12-41-21(34)7-6-13-4-2-1-3-5-13)42-29(26)44-28(40)15-10-18(32)23(36)19(33)11-15/h1-11,20,24-26,29-33,35-38H,12H2. The van der Waals surface area contributed by atoms with Crippen molar-refractivity contribution >= 4 is 24.0 Å². The largest absolute Gasteiger partial charge is 0.504 e. The van der Waals surface area contributed by atoms with Crippen molar-refractivity contribution < 1.29 is 74.2 Å². The number of benzene rings is 3. The van der Waals surface area contributed by atoms with Crippen LogP contribution in [-0.2, 0) is 23.7 Å². The fourth-order valence-electron chi connectivity index (χ4n) is 4.01. The average Bonchev–Trinajstić information content (AvgIpc) is 3.00. The highest BCUT2D eigenvalue weighted by Crippen LogP contribution is 2.37. The van der Waals surface area contributed by atoms with Gasteiger partial charge in [0.2, 0.25) is 6.29 Å². The first-order valence-corrected chi connectivity index (χ1v) is 12.7. The lowest BCUT2D eigenvalue weighted by atomic mass is 9.99. The Labute approximate surface area is 247 Å². The Morgan fingerprint density at radius 1 is 0.727 bits per heavy atom. The molecule has 1 aliphatic heterocycles. The van der Waals surface area contributed by atoms with Crippen molar-refractivity contribution in [2.24, 2.45) is 0 Å². The van der Waals surface area contributed by atoms with Gasteiger partial charge in [-0.15, -0.1) is 0 Å². The number of phenols is 6. The monoisotopic (exact) mass is 614 g/mol. The zero-order valence-electron chi connectivity index (χ0n) is 22.4. The molecular weight excluding hydrogens is 588 g/mol. The summed E-state index contributed by atoms with van der Waals surface area (Å²) >= 11 is 0. The van der Waals surface area contributed by atoms with Gasteiger partial charge in [-0.2, -0.15) is 0 Å². The molecule has 5 atom stereocenters. The summed E-state index contributed by atoms with van der Waals surface area (Å²) in [5.74, 6) is -8.94. The van der Waals surface area contributed by atoms with E-state index in [0.29, 0.717) is 5.56 Å². The van der Waals surface area contributed by atoms with E-state index in [0.717, 1.165) is 30.3 Å². The number of phenolic OH excluding ortho intramolecular Hbond substituents is 6. The van der Waals surface area contributed by atoms with Crippen molar-refractivity contribution in [2.45, 2.75) is 30.7 Å². The van der Waals surface area contributed by atoms with Gasteiger partial charge in [-0.3, -0.25) is 0 Å². The Bertz CT molecular complexity index is 1520. The van der Waals surface area contributed by atoms with E-state index in [1.54, 1.807) is 30.3 Å². The van der Waals surface area contributed by atoms with Gasteiger partial charge < -0.3 is 59.8 Å². The van der Waals surface area contributed by atoms with Crippen LogP contribution in [0, 0.1) is 0 Å². The number of esters is 3. The van der Waals surface area contributed by atoms with E-state index >= 15 is 0 Å². The van der Waals surface area contributed by atoms with E-state index in [2.05, 4.69) is 0 Å². The minimum Gasteiger partial charge on any atom is -0.504 e. The van der Waals surface area contributed by atoms with Crippen LogP contribution in [0.5, 0.6) is 34.5 Å². The third-order valence-corrected chi connectivity index (χ3v) is 6.32. The number of aliphatic hydroxyl groups excluding tert-OH is 2. The molecule has 0 bridgehead atoms. The number of aliphatic hydroxyl groups is 2. The molecule has 1 fully saturated rings. The van der Waals surface area contributed by atoms with Crippen molar-refractivity contribution in [1.29, 1.82) is 0 Å². The third-order valence-electron chi connectivity index (χ3n) is 6.32. The van der Waals surface area contributed by atoms with E-state index in [9.17, 15) is 55.2 Å². The smallest absolute Gasteiger partial charge is 0.340 e. The van der Waals surface area contributed by atoms with Gasteiger partial charge in [-0.1, -0.05) is 30.3 Å². The summed E-state index contributed by atoms with van der Waals surface area (Å²) in [6, 6.07) is 11.6. The first kappa shape index (κ1) is 31.4. The van der Waals surface area contributed by atoms with Crippen LogP contribution in [-0.4, -0.2) is 96.1 Å². The van der Waals surface area contributed by atoms with Gasteiger partial charge in [-0.25, -0.2) is 14.4 Å². The minimum atomic E-state index is -2.05. The molecule has 0 amide bonds. The lowest BCUT2D eigenvalue weighted by Crippen LogP contribution is -2.61. The Morgan fingerprint density at radius 2 is 1.23 bits per heavy atom. The second-order valence-corrected chi connectivity index (χ2v) is 9.40. The highest BCUT2D eigenvalue weighted by atomic mass is 16.7. The molecular formula is C29H26O15. The highest BCUT2D eigenvalue weighted by Gasteiger charge is 2.49. The van der Waals surface area contributed by atoms with Gasteiger partial charge in [-0.05, 0) is 35.9 Å². The summed E-state index contributed by atoms with van der Waals surface area (Å²) in [6.07, 6.45) is -6.94. The molecule has 8 N–H and O–H groups in total. The molecule has 44 heavy (non-hydrogen) atoms. The maximum atomic E-state index is 12.9. The predicted octanol–water partition coefficient (Wildman–Crippen LogP) is 1.01. The van der Waals surface area contributed by atoms with E-state index in [1.165, 1.54) is 6.08 Å². The van der Waals surface area contributed by atoms with Crippen LogP contribution < -0.4 is 0 Å². The first-order chi connectivity index (χ1) is 20.8. The second-order valence-electron chi connectivity index (χ2n) is 9.40. The number of rotatable bonds is 8. The number of aromatic hydroxyl groups is 6. The minimum absolute atomic E-state index is 0.519. The van der Waals surface area contributed by atoms with Crippen LogP contribution in [0.25, 0.3) is 6.08 Å². The van der Waals surface area contributed by atoms with Crippen molar-refractivity contribution in [3.8, 4) is 34.5 Å². The molecule has 3 aromatic rings. The molecule has 3 aromatic carbocycles. The number of carbonyl (C=O) groups is 3. The lowest BCUT2D eigenvalue weighted by Gasteiger charge is -2.41. The highest BCUT2D eigenvalue weighted by molar-refractivity contribution is 5.92. The topological polar surface area (TPSA) is 250 Å². The Hall–Kier alpha value is -5.51. The molecule has 1 aliphatic rings. The summed E-state index contributed by atoms with van der Waals surface area (Å²) in [7, 11) is 0. The van der Waals surface area contributed by atoms with E-state index in [4.69, 9.17) is 18.9 Å². The third kappa shape index (κ3) is 7.09. The molecule has 0 aromatic heterocycles. The molecule has 0 spiro atoms. The number of carbonyl (C=O) groups excluding carboxylic acids is 3. The number of hydrogen-bond acceptors (Lipinski definition) is 15. The Balaban J connectivity index is 1.55. The van der Waals surface area contributed by atoms with Gasteiger partial charge in [0.1, 0.15) is 24.9 Å². The fourth-order valence-corrected chi connectivity index (χ4v) is 4.01. The van der Waals surface area contributed by atoms with Gasteiger partial charge in [0.25, 0.3) is 0 Å². The van der Waals surface area contributed by atoms with Crippen LogP contribution >= 0.6 is 0 Å². The van der Waals surface area contributed by atoms with Gasteiger partial charge in [0.05, 0.1) is 11.1 Å². The van der Waals surface area contributed by atoms with Crippen LogP contribution in [0.15, 0.2) is 60.7 Å². The summed E-state index contributed by atoms with van der Waals surface area (Å²) in [4.78, 5) is 37.9. The van der Waals surface area contributed by atoms with Crippen LogP contribution in [0.2, 0.25) is 0 Å². The molecule has 15 heteroatoms. The van der Waals surface area contributed by atoms with E-state index in [1.807, 2.05) is 0 Å². The van der Waals surface area contributed by atoms with E-state index < -0.39 is 101 Å². The SMILES string of the molecule is O=C(C=Cc1ccccc1)OCC1OC(OC(=O)c2cc(O)c(O)c(O)c2)C(OC(=O)c2cc(O)c(O)c(O)c2)C(O)C1O. The molecule has 15 nitrogen and oxygen atoms in total. The van der Waals surface area contributed by atoms with Crippen molar-refractivity contribution in [1.82, 2.24) is 0 Å². The van der Waals surface area contributed by atoms with Gasteiger partial charge in [0.15, 0.2) is 40.6 Å². The number of ether oxygens (including phenoxy) is 4. The molecule has 0 saturated carbocycles. The second kappa shape index (κ2) is 13.2. The van der Waals surface area contributed by atoms with Crippen molar-refractivity contribution in [3.63, 3.8) is 0 Å². The molecule has 0 aliphatic carbocycles. The zero-order valence-corrected chi connectivity index (χ0v) is 22.4. The molecule has 1 heterocycles. The molecule has 0 radical (unpaired) electrons. The summed E-state index contributed by atoms with van der Waals surface area (Å²) in [5, 5.41) is 79.6. The molecule has 232 valence electrons. The average molecular weight is 615 g/mol. The lowest BCUT2D eigenvalue weighted by molar-refractivity contribution is -0.285. The maximum absolute atomic E-state index is 12.9. The van der Waals surface area contributed by atoms with Crippen LogP contribution in [0.3, 0.4) is 0 Å². The summed E-state index contributed by atoms with van der Waals surface area (Å²) in [6.45, 7) is -0.675. The zero-order chi connectivity index (χ0) is 32.1. The predicted molar refractivity (Wildman–Crippen MR) is 145 cm³/mol. The van der Waals surface area contributed by atoms with Gasteiger partial charge >= 0.3 is 17.9 Å². The van der Waals surface area contributed by atoms with Gasteiger partial charge in [0, 0.05) is 6.08 Å². The summed E-state index contributed by atoms with van der Waals surface area (Å²) < 4.78 is 21.0. The van der Waals surface area contributed by atoms with E-state index in [-0.39, 0.29) is 0 Å². The first-order valence-electron chi connectivity index (χ1n) is 12.7. The van der Waals surface area contributed by atoms with Crippen LogP contribution in [0.4, 0.5) is 0 Å². The Kier molecular flexibility index (Phi) is 9.43. The van der Waals surface area contributed by atoms with Crippen LogP contribution in [0.1, 0.15) is 26.3 Å². The molecule has 4 rings (SSSR count). The van der Waals surface area contributed by atoms with Crippen molar-refractivity contribution in [3.05, 3.63) is 77.4 Å². The maximum Gasteiger partial charge on any atom is 0.340 e. The van der Waals surface area contributed by atoms with Crippen molar-refractivity contribution in [2.75, 3.05) is 6.61 Å². The number of hydrogen-bond donors (Lipinski definition) is 8. The fraction of sp³-hybridized carbons (Fsp3) is 0.207.